The third kappa shape index (κ3) is 2.68. The highest BCUT2D eigenvalue weighted by molar-refractivity contribution is 5.87. The molecule has 0 spiro atoms. The smallest absolute Gasteiger partial charge is 0.0658 e. The van der Waals surface area contributed by atoms with Crippen LogP contribution in [0.25, 0.3) is 0 Å². The molecular formula is C14H19N. The van der Waals surface area contributed by atoms with Crippen LogP contribution in [0, 0.1) is 12.8 Å². The molecule has 1 aliphatic rings. The molecule has 0 N–H and O–H groups in total. The maximum absolute atomic E-state index is 4.78. The van der Waals surface area contributed by atoms with Crippen molar-refractivity contribution in [1.82, 2.24) is 0 Å². The lowest BCUT2D eigenvalue weighted by Gasteiger charge is -2.19. The van der Waals surface area contributed by atoms with Crippen molar-refractivity contribution in [3.63, 3.8) is 0 Å². The number of hydrogen-bond donors (Lipinski definition) is 0. The van der Waals surface area contributed by atoms with E-state index in [1.54, 1.807) is 0 Å². The Morgan fingerprint density at radius 1 is 1.27 bits per heavy atom. The molecule has 15 heavy (non-hydrogen) atoms. The highest BCUT2D eigenvalue weighted by Crippen LogP contribution is 2.25. The molecule has 0 aromatic heterocycles. The molecule has 1 fully saturated rings. The van der Waals surface area contributed by atoms with Crippen LogP contribution in [-0.4, -0.2) is 5.71 Å². The number of hydrogen-bond acceptors (Lipinski definition) is 1. The number of aryl methyl sites for hydroxylation is 1. The normalized spacial score (nSPS) is 24.4. The van der Waals surface area contributed by atoms with Gasteiger partial charge in [-0.2, -0.15) is 0 Å². The molecule has 0 heterocycles. The molecule has 0 saturated heterocycles. The van der Waals surface area contributed by atoms with Crippen LogP contribution in [0.3, 0.4) is 0 Å². The summed E-state index contributed by atoms with van der Waals surface area (Å²) in [6.07, 6.45) is 5.06. The Hall–Kier alpha value is -1.11. The third-order valence-corrected chi connectivity index (χ3v) is 3.14. The zero-order chi connectivity index (χ0) is 10.7. The summed E-state index contributed by atoms with van der Waals surface area (Å²) in [7, 11) is 0. The van der Waals surface area contributed by atoms with Gasteiger partial charge >= 0.3 is 0 Å². The van der Waals surface area contributed by atoms with Gasteiger partial charge in [0.15, 0.2) is 0 Å². The van der Waals surface area contributed by atoms with Gasteiger partial charge in [0.25, 0.3) is 0 Å². The van der Waals surface area contributed by atoms with Crippen molar-refractivity contribution < 1.29 is 0 Å². The zero-order valence-corrected chi connectivity index (χ0v) is 9.66. The summed E-state index contributed by atoms with van der Waals surface area (Å²) in [4.78, 5) is 4.78. The SMILES string of the molecule is Cc1ccccc1/N=C1\CCCC(C)C1. The second-order valence-corrected chi connectivity index (χ2v) is 4.67. The molecule has 1 nitrogen and oxygen atoms in total. The Bertz CT molecular complexity index is 365. The second kappa shape index (κ2) is 4.61. The molecule has 2 rings (SSSR count). The summed E-state index contributed by atoms with van der Waals surface area (Å²) in [5.41, 5.74) is 3.83. The van der Waals surface area contributed by atoms with E-state index in [-0.39, 0.29) is 0 Å². The predicted molar refractivity (Wildman–Crippen MR) is 65.9 cm³/mol. The molecule has 80 valence electrons. The van der Waals surface area contributed by atoms with E-state index in [9.17, 15) is 0 Å². The van der Waals surface area contributed by atoms with E-state index >= 15 is 0 Å². The summed E-state index contributed by atoms with van der Waals surface area (Å²) >= 11 is 0. The first kappa shape index (κ1) is 10.4. The van der Waals surface area contributed by atoms with E-state index < -0.39 is 0 Å². The maximum Gasteiger partial charge on any atom is 0.0658 e. The Morgan fingerprint density at radius 2 is 2.07 bits per heavy atom. The molecule has 1 saturated carbocycles. The topological polar surface area (TPSA) is 12.4 Å². The molecule has 1 aromatic rings. The largest absolute Gasteiger partial charge is 0.258 e. The van der Waals surface area contributed by atoms with Crippen molar-refractivity contribution in [3.05, 3.63) is 29.8 Å². The van der Waals surface area contributed by atoms with Gasteiger partial charge < -0.3 is 0 Å². The first-order valence-electron chi connectivity index (χ1n) is 5.88. The van der Waals surface area contributed by atoms with Crippen molar-refractivity contribution in [2.45, 2.75) is 39.5 Å². The highest BCUT2D eigenvalue weighted by Gasteiger charge is 2.13. The van der Waals surface area contributed by atoms with E-state index in [1.165, 1.54) is 37.0 Å². The first-order chi connectivity index (χ1) is 7.25. The predicted octanol–water partition coefficient (Wildman–Crippen LogP) is 4.28. The van der Waals surface area contributed by atoms with Crippen LogP contribution in [0.4, 0.5) is 5.69 Å². The van der Waals surface area contributed by atoms with Crippen molar-refractivity contribution in [2.75, 3.05) is 0 Å². The average molecular weight is 201 g/mol. The monoisotopic (exact) mass is 201 g/mol. The average Bonchev–Trinajstić information content (AvgIpc) is 2.22. The molecule has 0 bridgehead atoms. The highest BCUT2D eigenvalue weighted by atomic mass is 14.8. The number of aliphatic imine (C=N–C) groups is 1. The molecular weight excluding hydrogens is 182 g/mol. The van der Waals surface area contributed by atoms with Gasteiger partial charge in [-0.25, -0.2) is 0 Å². The third-order valence-electron chi connectivity index (χ3n) is 3.14. The number of para-hydroxylation sites is 1. The van der Waals surface area contributed by atoms with Crippen molar-refractivity contribution in [1.29, 1.82) is 0 Å². The summed E-state index contributed by atoms with van der Waals surface area (Å²) in [6.45, 7) is 4.46. The summed E-state index contributed by atoms with van der Waals surface area (Å²) in [5.74, 6) is 0.821. The van der Waals surface area contributed by atoms with E-state index in [0.29, 0.717) is 0 Å². The Morgan fingerprint density at radius 3 is 2.80 bits per heavy atom. The molecule has 0 aliphatic heterocycles. The lowest BCUT2D eigenvalue weighted by Crippen LogP contribution is -2.12. The van der Waals surface area contributed by atoms with Gasteiger partial charge in [0.2, 0.25) is 0 Å². The fourth-order valence-electron chi connectivity index (χ4n) is 2.22. The molecule has 1 atom stereocenters. The first-order valence-corrected chi connectivity index (χ1v) is 5.88. The van der Waals surface area contributed by atoms with Crippen LogP contribution in [-0.2, 0) is 0 Å². The maximum atomic E-state index is 4.78. The van der Waals surface area contributed by atoms with Gasteiger partial charge in [-0.1, -0.05) is 25.1 Å². The number of benzene rings is 1. The Balaban J connectivity index is 2.18. The van der Waals surface area contributed by atoms with Gasteiger partial charge in [0, 0.05) is 5.71 Å². The molecule has 1 aliphatic carbocycles. The van der Waals surface area contributed by atoms with Crippen LogP contribution in [0.15, 0.2) is 29.3 Å². The van der Waals surface area contributed by atoms with E-state index in [4.69, 9.17) is 4.99 Å². The van der Waals surface area contributed by atoms with Crippen molar-refractivity contribution in [3.8, 4) is 0 Å². The van der Waals surface area contributed by atoms with Crippen LogP contribution in [0.5, 0.6) is 0 Å². The van der Waals surface area contributed by atoms with Gasteiger partial charge in [-0.05, 0) is 50.2 Å². The van der Waals surface area contributed by atoms with Crippen LogP contribution < -0.4 is 0 Å². The van der Waals surface area contributed by atoms with Crippen LogP contribution >= 0.6 is 0 Å². The molecule has 1 heteroatoms. The molecule has 1 unspecified atom stereocenters. The minimum Gasteiger partial charge on any atom is -0.258 e. The summed E-state index contributed by atoms with van der Waals surface area (Å²) < 4.78 is 0. The summed E-state index contributed by atoms with van der Waals surface area (Å²) in [6, 6.07) is 8.38. The van der Waals surface area contributed by atoms with E-state index in [1.807, 2.05) is 0 Å². The van der Waals surface area contributed by atoms with Crippen molar-refractivity contribution >= 4 is 11.4 Å². The standard InChI is InChI=1S/C14H19N/c1-11-6-5-8-13(10-11)15-14-9-4-3-7-12(14)2/h3-4,7,9,11H,5-6,8,10H2,1-2H3/b15-13+. The molecule has 0 amide bonds. The number of nitrogens with zero attached hydrogens (tertiary/aromatic N) is 1. The summed E-state index contributed by atoms with van der Waals surface area (Å²) in [5, 5.41) is 0. The fraction of sp³-hybridized carbons (Fsp3) is 0.500. The van der Waals surface area contributed by atoms with E-state index in [2.05, 4.69) is 38.1 Å². The quantitative estimate of drug-likeness (QED) is 0.643. The minimum atomic E-state index is 0.821. The van der Waals surface area contributed by atoms with Gasteiger partial charge in [-0.3, -0.25) is 4.99 Å². The van der Waals surface area contributed by atoms with E-state index in [0.717, 1.165) is 11.6 Å². The zero-order valence-electron chi connectivity index (χ0n) is 9.66. The van der Waals surface area contributed by atoms with Gasteiger partial charge in [0.05, 0.1) is 5.69 Å². The lowest BCUT2D eigenvalue weighted by atomic mass is 9.89. The van der Waals surface area contributed by atoms with Crippen molar-refractivity contribution in [2.24, 2.45) is 10.9 Å². The fourth-order valence-corrected chi connectivity index (χ4v) is 2.22. The second-order valence-electron chi connectivity index (χ2n) is 4.67. The Labute approximate surface area is 92.2 Å². The van der Waals surface area contributed by atoms with Gasteiger partial charge in [0.1, 0.15) is 0 Å². The van der Waals surface area contributed by atoms with Crippen LogP contribution in [0.1, 0.15) is 38.2 Å². The number of rotatable bonds is 1. The molecule has 1 aromatic carbocycles. The molecule has 0 radical (unpaired) electrons. The lowest BCUT2D eigenvalue weighted by molar-refractivity contribution is 0.500. The van der Waals surface area contributed by atoms with Crippen LogP contribution in [0.2, 0.25) is 0 Å². The Kier molecular flexibility index (Phi) is 3.20. The van der Waals surface area contributed by atoms with Gasteiger partial charge in [-0.15, -0.1) is 0 Å². The minimum absolute atomic E-state index is 0.821.